The minimum Gasteiger partial charge on any atom is -0.225 e. The van der Waals surface area contributed by atoms with E-state index >= 15 is 0 Å². The SMILES string of the molecule is CCc1cccc(NF)c1. The molecule has 0 aliphatic carbocycles. The van der Waals surface area contributed by atoms with Crippen molar-refractivity contribution in [2.45, 2.75) is 13.3 Å². The first-order valence-electron chi connectivity index (χ1n) is 3.32. The Labute approximate surface area is 59.8 Å². The van der Waals surface area contributed by atoms with E-state index in [1.54, 1.807) is 17.7 Å². The lowest BCUT2D eigenvalue weighted by atomic mass is 10.1. The predicted molar refractivity (Wildman–Crippen MR) is 40.6 cm³/mol. The second-order valence-corrected chi connectivity index (χ2v) is 2.15. The van der Waals surface area contributed by atoms with E-state index in [0.717, 1.165) is 12.0 Å². The van der Waals surface area contributed by atoms with Gasteiger partial charge in [-0.1, -0.05) is 19.1 Å². The lowest BCUT2D eigenvalue weighted by Crippen LogP contribution is -1.83. The van der Waals surface area contributed by atoms with Gasteiger partial charge in [-0.3, -0.25) is 0 Å². The molecule has 1 nitrogen and oxygen atoms in total. The molecule has 0 fully saturated rings. The summed E-state index contributed by atoms with van der Waals surface area (Å²) in [5.41, 5.74) is 3.27. The van der Waals surface area contributed by atoms with Crippen molar-refractivity contribution in [2.75, 3.05) is 5.54 Å². The summed E-state index contributed by atoms with van der Waals surface area (Å²) in [4.78, 5) is 0. The van der Waals surface area contributed by atoms with Crippen molar-refractivity contribution in [3.05, 3.63) is 29.8 Å². The molecule has 1 aromatic carbocycles. The molecular formula is C8H10FN. The fraction of sp³-hybridized carbons (Fsp3) is 0.250. The molecule has 0 bridgehead atoms. The second-order valence-electron chi connectivity index (χ2n) is 2.15. The van der Waals surface area contributed by atoms with Gasteiger partial charge in [0.05, 0.1) is 5.69 Å². The van der Waals surface area contributed by atoms with E-state index in [-0.39, 0.29) is 0 Å². The van der Waals surface area contributed by atoms with Gasteiger partial charge >= 0.3 is 0 Å². The van der Waals surface area contributed by atoms with E-state index in [0.29, 0.717) is 5.69 Å². The number of anilines is 1. The fourth-order valence-corrected chi connectivity index (χ4v) is 0.850. The Bertz CT molecular complexity index is 191. The highest BCUT2D eigenvalue weighted by atomic mass is 19.2. The monoisotopic (exact) mass is 139 g/mol. The van der Waals surface area contributed by atoms with Crippen LogP contribution in [0.15, 0.2) is 24.3 Å². The first kappa shape index (κ1) is 7.06. The zero-order chi connectivity index (χ0) is 7.40. The standard InChI is InChI=1S/C8H10FN/c1-2-7-4-3-5-8(6-7)10-9/h3-6,10H,2H2,1H3. The number of hydrogen-bond acceptors (Lipinski definition) is 1. The van der Waals surface area contributed by atoms with Crippen molar-refractivity contribution in [1.82, 2.24) is 0 Å². The molecule has 0 saturated heterocycles. The van der Waals surface area contributed by atoms with Crippen molar-refractivity contribution in [3.63, 3.8) is 0 Å². The van der Waals surface area contributed by atoms with Crippen LogP contribution in [0.4, 0.5) is 10.2 Å². The van der Waals surface area contributed by atoms with Crippen LogP contribution in [0.25, 0.3) is 0 Å². The quantitative estimate of drug-likeness (QED) is 0.621. The maximum atomic E-state index is 11.8. The molecule has 0 unspecified atom stereocenters. The van der Waals surface area contributed by atoms with Crippen LogP contribution in [0, 0.1) is 0 Å². The van der Waals surface area contributed by atoms with E-state index in [1.807, 2.05) is 19.1 Å². The third-order valence-electron chi connectivity index (χ3n) is 1.44. The third kappa shape index (κ3) is 1.47. The Balaban J connectivity index is 2.87. The van der Waals surface area contributed by atoms with Gasteiger partial charge in [0.25, 0.3) is 0 Å². The number of hydrogen-bond donors (Lipinski definition) is 1. The number of aryl methyl sites for hydroxylation is 1. The van der Waals surface area contributed by atoms with Gasteiger partial charge < -0.3 is 0 Å². The minimum atomic E-state index is 0.527. The zero-order valence-corrected chi connectivity index (χ0v) is 5.89. The van der Waals surface area contributed by atoms with Gasteiger partial charge in [-0.05, 0) is 24.1 Å². The molecule has 10 heavy (non-hydrogen) atoms. The Hall–Kier alpha value is -1.05. The Morgan fingerprint density at radius 3 is 2.90 bits per heavy atom. The first-order chi connectivity index (χ1) is 4.86. The van der Waals surface area contributed by atoms with Crippen LogP contribution in [-0.4, -0.2) is 0 Å². The van der Waals surface area contributed by atoms with Gasteiger partial charge in [0.2, 0.25) is 0 Å². The molecule has 1 aromatic rings. The number of rotatable bonds is 2. The molecule has 1 N–H and O–H groups in total. The molecule has 0 radical (unpaired) electrons. The maximum Gasteiger partial charge on any atom is 0.0658 e. The fourth-order valence-electron chi connectivity index (χ4n) is 0.850. The predicted octanol–water partition coefficient (Wildman–Crippen LogP) is 2.55. The molecule has 1 rings (SSSR count). The van der Waals surface area contributed by atoms with Crippen LogP contribution in [0.3, 0.4) is 0 Å². The molecule has 0 amide bonds. The largest absolute Gasteiger partial charge is 0.225 e. The van der Waals surface area contributed by atoms with Crippen molar-refractivity contribution < 1.29 is 4.48 Å². The van der Waals surface area contributed by atoms with Crippen molar-refractivity contribution >= 4 is 5.69 Å². The average Bonchev–Trinajstić information content (AvgIpc) is 2.05. The molecule has 2 heteroatoms. The van der Waals surface area contributed by atoms with Gasteiger partial charge in [0.1, 0.15) is 0 Å². The van der Waals surface area contributed by atoms with E-state index in [2.05, 4.69) is 0 Å². The number of nitrogens with one attached hydrogen (secondary N) is 1. The summed E-state index contributed by atoms with van der Waals surface area (Å²) in [5.74, 6) is 0. The lowest BCUT2D eigenvalue weighted by molar-refractivity contribution is 0.617. The molecule has 0 aliphatic rings. The smallest absolute Gasteiger partial charge is 0.0658 e. The molecule has 0 aliphatic heterocycles. The molecule has 54 valence electrons. The highest BCUT2D eigenvalue weighted by Crippen LogP contribution is 2.10. The van der Waals surface area contributed by atoms with Crippen LogP contribution in [-0.2, 0) is 6.42 Å². The van der Waals surface area contributed by atoms with Gasteiger partial charge in [-0.25, -0.2) is 5.54 Å². The van der Waals surface area contributed by atoms with Gasteiger partial charge in [-0.2, -0.15) is 0 Å². The van der Waals surface area contributed by atoms with Crippen molar-refractivity contribution in [3.8, 4) is 0 Å². The average molecular weight is 139 g/mol. The molecular weight excluding hydrogens is 129 g/mol. The van der Waals surface area contributed by atoms with Gasteiger partial charge in [0.15, 0.2) is 0 Å². The van der Waals surface area contributed by atoms with Crippen LogP contribution in [0.2, 0.25) is 0 Å². The molecule has 0 saturated carbocycles. The zero-order valence-electron chi connectivity index (χ0n) is 5.89. The maximum absolute atomic E-state index is 11.8. The Kier molecular flexibility index (Phi) is 2.26. The van der Waals surface area contributed by atoms with E-state index in [9.17, 15) is 4.48 Å². The van der Waals surface area contributed by atoms with Gasteiger partial charge in [0, 0.05) is 0 Å². The molecule has 0 heterocycles. The Morgan fingerprint density at radius 2 is 2.30 bits per heavy atom. The van der Waals surface area contributed by atoms with Crippen molar-refractivity contribution in [2.24, 2.45) is 0 Å². The summed E-state index contributed by atoms with van der Waals surface area (Å²) in [5, 5.41) is 0. The first-order valence-corrected chi connectivity index (χ1v) is 3.32. The van der Waals surface area contributed by atoms with Crippen LogP contribution in [0.5, 0.6) is 0 Å². The highest BCUT2D eigenvalue weighted by Gasteiger charge is 1.90. The van der Waals surface area contributed by atoms with Crippen LogP contribution >= 0.6 is 0 Å². The highest BCUT2D eigenvalue weighted by molar-refractivity contribution is 5.43. The van der Waals surface area contributed by atoms with Crippen LogP contribution < -0.4 is 5.54 Å². The van der Waals surface area contributed by atoms with Crippen molar-refractivity contribution in [1.29, 1.82) is 0 Å². The summed E-state index contributed by atoms with van der Waals surface area (Å²) in [7, 11) is 0. The van der Waals surface area contributed by atoms with E-state index < -0.39 is 0 Å². The Morgan fingerprint density at radius 1 is 1.50 bits per heavy atom. The number of benzene rings is 1. The summed E-state index contributed by atoms with van der Waals surface area (Å²) in [6.07, 6.45) is 0.940. The topological polar surface area (TPSA) is 12.0 Å². The number of halogens is 1. The van der Waals surface area contributed by atoms with Gasteiger partial charge in [-0.15, -0.1) is 4.48 Å². The second kappa shape index (κ2) is 3.20. The summed E-state index contributed by atoms with van der Waals surface area (Å²) in [6.45, 7) is 2.04. The molecule has 0 aromatic heterocycles. The van der Waals surface area contributed by atoms with E-state index in [4.69, 9.17) is 0 Å². The third-order valence-corrected chi connectivity index (χ3v) is 1.44. The lowest BCUT2D eigenvalue weighted by Gasteiger charge is -1.98. The summed E-state index contributed by atoms with van der Waals surface area (Å²) < 4.78 is 11.8. The minimum absolute atomic E-state index is 0.527. The molecule has 0 atom stereocenters. The summed E-state index contributed by atoms with van der Waals surface area (Å²) >= 11 is 0. The summed E-state index contributed by atoms with van der Waals surface area (Å²) in [6, 6.07) is 7.29. The molecule has 0 spiro atoms. The normalized spacial score (nSPS) is 9.40. The van der Waals surface area contributed by atoms with E-state index in [1.165, 1.54) is 0 Å². The van der Waals surface area contributed by atoms with Crippen LogP contribution in [0.1, 0.15) is 12.5 Å².